The minimum atomic E-state index is -4.63. The van der Waals surface area contributed by atoms with E-state index in [4.69, 9.17) is 0 Å². The molecule has 230 valence electrons. The maximum Gasteiger partial charge on any atom is 0.432 e. The molecule has 0 atom stereocenters. The van der Waals surface area contributed by atoms with Gasteiger partial charge in [-0.1, -0.05) is 37.3 Å². The summed E-state index contributed by atoms with van der Waals surface area (Å²) in [4.78, 5) is 0. The molecular weight excluding hydrogens is 607 g/mol. The molecular formula is C35H21F9O. The zero-order valence-electron chi connectivity index (χ0n) is 23.6. The molecule has 0 fully saturated rings. The highest BCUT2D eigenvalue weighted by atomic mass is 19.3. The van der Waals surface area contributed by atoms with Crippen molar-refractivity contribution in [3.8, 4) is 28.7 Å². The number of fused-ring (bicyclic) bond motifs is 1. The standard InChI is InChI=1S/C35H21F9O/c1-3-4-20-11-18(2)24(27(36)13-20)8-5-19-6-9-25(28(37)12-19)22-15-29(38)32(30(39)16-22)35(43,44)45-23-7-10-26-21(14-23)17-31(40)34(42)33(26)41/h6-7,9-17H,3-4H2,1-2H3. The average Bonchev–Trinajstić information content (AvgIpc) is 2.95. The van der Waals surface area contributed by atoms with Gasteiger partial charge in [0.25, 0.3) is 0 Å². The second-order valence-electron chi connectivity index (χ2n) is 10.3. The minimum Gasteiger partial charge on any atom is -0.429 e. The molecule has 0 aliphatic heterocycles. The van der Waals surface area contributed by atoms with Crippen LogP contribution in [0.2, 0.25) is 0 Å². The molecule has 0 bridgehead atoms. The van der Waals surface area contributed by atoms with Crippen LogP contribution in [0.5, 0.6) is 5.75 Å². The van der Waals surface area contributed by atoms with Crippen molar-refractivity contribution in [3.63, 3.8) is 0 Å². The molecule has 0 radical (unpaired) electrons. The van der Waals surface area contributed by atoms with E-state index in [-0.39, 0.29) is 22.1 Å². The first kappa shape index (κ1) is 31.5. The number of ether oxygens (including phenoxy) is 1. The van der Waals surface area contributed by atoms with Gasteiger partial charge < -0.3 is 4.74 Å². The summed E-state index contributed by atoms with van der Waals surface area (Å²) in [6, 6.07) is 10.5. The normalized spacial score (nSPS) is 11.4. The Morgan fingerprint density at radius 3 is 2.04 bits per heavy atom. The van der Waals surface area contributed by atoms with Gasteiger partial charge in [0.1, 0.15) is 34.6 Å². The van der Waals surface area contributed by atoms with Crippen LogP contribution in [-0.4, -0.2) is 0 Å². The van der Waals surface area contributed by atoms with Crippen molar-refractivity contribution in [1.82, 2.24) is 0 Å². The molecule has 0 aliphatic rings. The van der Waals surface area contributed by atoms with Crippen molar-refractivity contribution >= 4 is 10.8 Å². The van der Waals surface area contributed by atoms with Crippen molar-refractivity contribution in [2.24, 2.45) is 0 Å². The van der Waals surface area contributed by atoms with Crippen molar-refractivity contribution in [2.75, 3.05) is 0 Å². The fourth-order valence-electron chi connectivity index (χ4n) is 4.92. The SMILES string of the molecule is CCCc1cc(C)c(C#Cc2ccc(-c3cc(F)c(C(F)(F)Oc4ccc5c(F)c(F)c(F)cc5c4)c(F)c3)c(F)c2)c(F)c1. The molecule has 0 heterocycles. The van der Waals surface area contributed by atoms with Gasteiger partial charge in [0, 0.05) is 16.5 Å². The maximum absolute atomic E-state index is 15.0. The van der Waals surface area contributed by atoms with Crippen LogP contribution in [0.1, 0.15) is 41.2 Å². The van der Waals surface area contributed by atoms with E-state index < -0.39 is 69.1 Å². The predicted molar refractivity (Wildman–Crippen MR) is 151 cm³/mol. The summed E-state index contributed by atoms with van der Waals surface area (Å²) < 4.78 is 135. The number of hydrogen-bond donors (Lipinski definition) is 0. The molecule has 45 heavy (non-hydrogen) atoms. The van der Waals surface area contributed by atoms with Gasteiger partial charge in [0.05, 0.1) is 5.56 Å². The molecule has 0 aliphatic carbocycles. The van der Waals surface area contributed by atoms with E-state index in [0.29, 0.717) is 30.2 Å². The lowest BCUT2D eigenvalue weighted by atomic mass is 9.99. The lowest BCUT2D eigenvalue weighted by Gasteiger charge is -2.20. The van der Waals surface area contributed by atoms with E-state index >= 15 is 4.39 Å². The third-order valence-corrected chi connectivity index (χ3v) is 7.02. The summed E-state index contributed by atoms with van der Waals surface area (Å²) in [6.45, 7) is 3.67. The fourth-order valence-corrected chi connectivity index (χ4v) is 4.92. The van der Waals surface area contributed by atoms with Crippen LogP contribution in [0, 0.1) is 59.5 Å². The van der Waals surface area contributed by atoms with E-state index in [1.165, 1.54) is 12.1 Å². The van der Waals surface area contributed by atoms with E-state index in [9.17, 15) is 35.1 Å². The molecule has 1 nitrogen and oxygen atoms in total. The van der Waals surface area contributed by atoms with Crippen LogP contribution in [0.25, 0.3) is 21.9 Å². The Balaban J connectivity index is 1.41. The van der Waals surface area contributed by atoms with Gasteiger partial charge in [-0.15, -0.1) is 0 Å². The van der Waals surface area contributed by atoms with Gasteiger partial charge >= 0.3 is 6.11 Å². The second kappa shape index (κ2) is 12.2. The van der Waals surface area contributed by atoms with Gasteiger partial charge in [-0.05, 0) is 90.0 Å². The lowest BCUT2D eigenvalue weighted by molar-refractivity contribution is -0.189. The largest absolute Gasteiger partial charge is 0.432 e. The molecule has 0 saturated heterocycles. The van der Waals surface area contributed by atoms with Crippen molar-refractivity contribution in [3.05, 3.63) is 135 Å². The van der Waals surface area contributed by atoms with Gasteiger partial charge in [-0.25, -0.2) is 30.7 Å². The maximum atomic E-state index is 15.0. The van der Waals surface area contributed by atoms with Crippen LogP contribution >= 0.6 is 0 Å². The van der Waals surface area contributed by atoms with Crippen molar-refractivity contribution in [2.45, 2.75) is 32.8 Å². The van der Waals surface area contributed by atoms with Crippen LogP contribution < -0.4 is 4.74 Å². The number of aryl methyl sites for hydroxylation is 2. The molecule has 0 amide bonds. The first-order valence-corrected chi connectivity index (χ1v) is 13.5. The Morgan fingerprint density at radius 1 is 0.689 bits per heavy atom. The summed E-state index contributed by atoms with van der Waals surface area (Å²) in [5.41, 5.74) is -0.841. The summed E-state index contributed by atoms with van der Waals surface area (Å²) in [7, 11) is 0. The third-order valence-electron chi connectivity index (χ3n) is 7.02. The zero-order chi connectivity index (χ0) is 32.6. The number of halogens is 9. The number of hydrogen-bond acceptors (Lipinski definition) is 1. The summed E-state index contributed by atoms with van der Waals surface area (Å²) in [6.07, 6.45) is -3.09. The quantitative estimate of drug-likeness (QED) is 0.103. The third kappa shape index (κ3) is 6.34. The Kier molecular flexibility index (Phi) is 8.57. The Morgan fingerprint density at radius 2 is 1.40 bits per heavy atom. The molecule has 0 N–H and O–H groups in total. The van der Waals surface area contributed by atoms with Gasteiger partial charge in [-0.3, -0.25) is 0 Å². The van der Waals surface area contributed by atoms with Gasteiger partial charge in [0.2, 0.25) is 0 Å². The van der Waals surface area contributed by atoms with Crippen LogP contribution in [0.15, 0.2) is 66.7 Å². The van der Waals surface area contributed by atoms with Crippen molar-refractivity contribution in [1.29, 1.82) is 0 Å². The summed E-state index contributed by atoms with van der Waals surface area (Å²) >= 11 is 0. The molecule has 0 unspecified atom stereocenters. The molecule has 0 spiro atoms. The molecule has 0 saturated carbocycles. The smallest absolute Gasteiger partial charge is 0.429 e. The monoisotopic (exact) mass is 628 g/mol. The Bertz CT molecular complexity index is 1980. The zero-order valence-corrected chi connectivity index (χ0v) is 23.6. The minimum absolute atomic E-state index is 0.128. The molecule has 5 aromatic rings. The average molecular weight is 629 g/mol. The predicted octanol–water partition coefficient (Wildman–Crippen LogP) is 10.3. The first-order valence-electron chi connectivity index (χ1n) is 13.5. The summed E-state index contributed by atoms with van der Waals surface area (Å²) in [5, 5.41) is -0.779. The number of rotatable bonds is 6. The Labute approximate surface area is 251 Å². The van der Waals surface area contributed by atoms with Gasteiger partial charge in [0.15, 0.2) is 17.5 Å². The van der Waals surface area contributed by atoms with Crippen LogP contribution in [-0.2, 0) is 12.5 Å². The number of benzene rings is 5. The van der Waals surface area contributed by atoms with E-state index in [0.717, 1.165) is 42.3 Å². The van der Waals surface area contributed by atoms with E-state index in [1.54, 1.807) is 6.92 Å². The topological polar surface area (TPSA) is 9.23 Å². The molecule has 10 heteroatoms. The van der Waals surface area contributed by atoms with E-state index in [1.807, 2.05) is 13.0 Å². The van der Waals surface area contributed by atoms with Crippen LogP contribution in [0.4, 0.5) is 39.5 Å². The van der Waals surface area contributed by atoms with Gasteiger partial charge in [-0.2, -0.15) is 8.78 Å². The highest BCUT2D eigenvalue weighted by Gasteiger charge is 2.41. The second-order valence-corrected chi connectivity index (χ2v) is 10.3. The highest BCUT2D eigenvalue weighted by Crippen LogP contribution is 2.38. The molecule has 5 rings (SSSR count). The Hall–Kier alpha value is -4.91. The molecule has 5 aromatic carbocycles. The lowest BCUT2D eigenvalue weighted by Crippen LogP contribution is -2.25. The van der Waals surface area contributed by atoms with Crippen LogP contribution in [0.3, 0.4) is 0 Å². The first-order chi connectivity index (χ1) is 21.3. The van der Waals surface area contributed by atoms with Crippen molar-refractivity contribution < 1.29 is 44.3 Å². The highest BCUT2D eigenvalue weighted by molar-refractivity contribution is 5.84. The van der Waals surface area contributed by atoms with E-state index in [2.05, 4.69) is 16.6 Å². The fraction of sp³-hybridized carbons (Fsp3) is 0.143. The molecule has 0 aromatic heterocycles. The summed E-state index contributed by atoms with van der Waals surface area (Å²) in [5.74, 6) is -5.32. The number of alkyl halides is 2.